The topological polar surface area (TPSA) is 88.1 Å². The number of carbonyl (C=O) groups is 3. The first kappa shape index (κ1) is 24.8. The highest BCUT2D eigenvalue weighted by molar-refractivity contribution is 6.15. The summed E-state index contributed by atoms with van der Waals surface area (Å²) in [5, 5.41) is 0. The van der Waals surface area contributed by atoms with Gasteiger partial charge in [-0.05, 0) is 74.2 Å². The molecule has 0 aliphatic heterocycles. The van der Waals surface area contributed by atoms with Gasteiger partial charge in [0.1, 0.15) is 0 Å². The summed E-state index contributed by atoms with van der Waals surface area (Å²) in [6.07, 6.45) is 4.89. The second kappa shape index (κ2) is 11.3. The molecule has 1 fully saturated rings. The summed E-state index contributed by atoms with van der Waals surface area (Å²) in [6.45, 7) is 7.18. The van der Waals surface area contributed by atoms with Crippen LogP contribution in [0.4, 0.5) is 0 Å². The normalized spacial score (nSPS) is 15.5. The van der Waals surface area contributed by atoms with E-state index in [9.17, 15) is 14.4 Å². The molecule has 7 heteroatoms. The van der Waals surface area contributed by atoms with Gasteiger partial charge in [-0.3, -0.25) is 14.4 Å². The molecule has 7 nitrogen and oxygen atoms in total. The molecule has 0 N–H and O–H groups in total. The molecule has 1 aliphatic rings. The summed E-state index contributed by atoms with van der Waals surface area (Å²) in [6, 6.07) is 10.4. The number of rotatable bonds is 8. The maximum absolute atomic E-state index is 13.0. The van der Waals surface area contributed by atoms with Crippen LogP contribution >= 0.6 is 0 Å². The van der Waals surface area contributed by atoms with Crippen molar-refractivity contribution >= 4 is 29.9 Å². The van der Waals surface area contributed by atoms with Crippen molar-refractivity contribution in [3.8, 4) is 23.0 Å². The van der Waals surface area contributed by atoms with E-state index in [0.717, 1.165) is 11.1 Å². The van der Waals surface area contributed by atoms with Gasteiger partial charge in [-0.25, -0.2) is 0 Å². The Morgan fingerprint density at radius 2 is 1.15 bits per heavy atom. The first-order chi connectivity index (χ1) is 16.3. The van der Waals surface area contributed by atoms with Crippen molar-refractivity contribution < 1.29 is 33.3 Å². The van der Waals surface area contributed by atoms with Crippen LogP contribution in [0.1, 0.15) is 51.7 Å². The Morgan fingerprint density at radius 3 is 1.50 bits per heavy atom. The molecular formula is C27H28O7. The number of allylic oxidation sites excluding steroid dienone is 2. The lowest BCUT2D eigenvalue weighted by Gasteiger charge is -2.10. The summed E-state index contributed by atoms with van der Waals surface area (Å²) in [5.41, 5.74) is 2.95. The Morgan fingerprint density at radius 1 is 0.735 bits per heavy atom. The van der Waals surface area contributed by atoms with Crippen molar-refractivity contribution in [2.75, 3.05) is 13.2 Å². The lowest BCUT2D eigenvalue weighted by atomic mass is 10.1. The number of Topliss-reactive ketones (excluding diaryl/α,β-unsaturated/α-hetero) is 1. The zero-order valence-corrected chi connectivity index (χ0v) is 19.8. The van der Waals surface area contributed by atoms with Crippen molar-refractivity contribution in [3.63, 3.8) is 0 Å². The van der Waals surface area contributed by atoms with Gasteiger partial charge in [0.25, 0.3) is 0 Å². The molecule has 0 unspecified atom stereocenters. The number of hydrogen-bond acceptors (Lipinski definition) is 7. The summed E-state index contributed by atoms with van der Waals surface area (Å²) in [4.78, 5) is 35.7. The summed E-state index contributed by atoms with van der Waals surface area (Å²) in [7, 11) is 0. The van der Waals surface area contributed by atoms with Crippen molar-refractivity contribution in [1.82, 2.24) is 0 Å². The number of benzene rings is 2. The molecule has 34 heavy (non-hydrogen) atoms. The molecule has 0 bridgehead atoms. The summed E-state index contributed by atoms with van der Waals surface area (Å²) in [5.74, 6) is 0.704. The molecule has 2 aromatic rings. The molecule has 0 radical (unpaired) electrons. The first-order valence-corrected chi connectivity index (χ1v) is 11.2. The van der Waals surface area contributed by atoms with Crippen LogP contribution in [0.2, 0.25) is 0 Å². The van der Waals surface area contributed by atoms with E-state index >= 15 is 0 Å². The van der Waals surface area contributed by atoms with E-state index in [1.165, 1.54) is 13.8 Å². The van der Waals surface area contributed by atoms with Crippen LogP contribution in [0, 0.1) is 0 Å². The number of hydrogen-bond donors (Lipinski definition) is 0. The fraction of sp³-hybridized carbons (Fsp3) is 0.296. The molecule has 0 amide bonds. The Bertz CT molecular complexity index is 1070. The smallest absolute Gasteiger partial charge is 0.308 e. The highest BCUT2D eigenvalue weighted by Crippen LogP contribution is 2.34. The maximum atomic E-state index is 13.0. The monoisotopic (exact) mass is 464 g/mol. The van der Waals surface area contributed by atoms with E-state index in [2.05, 4.69) is 0 Å². The average Bonchev–Trinajstić information content (AvgIpc) is 3.11. The van der Waals surface area contributed by atoms with Crippen LogP contribution in [-0.4, -0.2) is 30.9 Å². The Hall–Kier alpha value is -3.87. The fourth-order valence-corrected chi connectivity index (χ4v) is 3.62. The minimum Gasteiger partial charge on any atom is -0.490 e. The lowest BCUT2D eigenvalue weighted by molar-refractivity contribution is -0.132. The largest absolute Gasteiger partial charge is 0.490 e. The zero-order chi connectivity index (χ0) is 24.7. The Balaban J connectivity index is 1.84. The molecule has 3 rings (SSSR count). The molecule has 0 atom stereocenters. The predicted octanol–water partition coefficient (Wildman–Crippen LogP) is 5.16. The molecule has 0 spiro atoms. The third-order valence-corrected chi connectivity index (χ3v) is 4.97. The summed E-state index contributed by atoms with van der Waals surface area (Å²) < 4.78 is 21.5. The number of carbonyl (C=O) groups excluding carboxylic acids is 3. The molecule has 1 aliphatic carbocycles. The van der Waals surface area contributed by atoms with Crippen LogP contribution in [0.3, 0.4) is 0 Å². The zero-order valence-electron chi connectivity index (χ0n) is 19.8. The standard InChI is InChI=1S/C27H28O7/c1-5-31-25-15-19(7-11-23(25)33-17(3)28)13-21-9-10-22(27(21)30)14-20-8-12-24(34-18(4)29)26(16-20)32-6-2/h7-8,11-16H,5-6,9-10H2,1-4H3/b21-13-,22-14-. The lowest BCUT2D eigenvalue weighted by Crippen LogP contribution is -2.04. The van der Waals surface area contributed by atoms with Gasteiger partial charge < -0.3 is 18.9 Å². The highest BCUT2D eigenvalue weighted by atomic mass is 16.6. The van der Waals surface area contributed by atoms with Crippen molar-refractivity contribution in [3.05, 3.63) is 58.7 Å². The Labute approximate surface area is 199 Å². The van der Waals surface area contributed by atoms with Crippen LogP contribution < -0.4 is 18.9 Å². The predicted molar refractivity (Wildman–Crippen MR) is 128 cm³/mol. The van der Waals surface area contributed by atoms with E-state index in [1.807, 2.05) is 26.0 Å². The van der Waals surface area contributed by atoms with E-state index in [4.69, 9.17) is 18.9 Å². The quantitative estimate of drug-likeness (QED) is 0.303. The molecule has 178 valence electrons. The van der Waals surface area contributed by atoms with E-state index < -0.39 is 11.9 Å². The minimum absolute atomic E-state index is 0.0240. The first-order valence-electron chi connectivity index (χ1n) is 11.2. The van der Waals surface area contributed by atoms with Gasteiger partial charge in [0.2, 0.25) is 0 Å². The van der Waals surface area contributed by atoms with Crippen molar-refractivity contribution in [2.45, 2.75) is 40.5 Å². The van der Waals surface area contributed by atoms with Crippen LogP contribution in [-0.2, 0) is 14.4 Å². The number of ketones is 1. The second-order valence-electron chi connectivity index (χ2n) is 7.63. The SMILES string of the molecule is CCOc1cc(/C=C2/CC/C(=C/c3ccc(OC(C)=O)c(OCC)c3)C2=O)ccc1OC(C)=O. The Kier molecular flexibility index (Phi) is 8.24. The van der Waals surface area contributed by atoms with Gasteiger partial charge >= 0.3 is 11.9 Å². The minimum atomic E-state index is -0.429. The number of esters is 2. The average molecular weight is 465 g/mol. The van der Waals surface area contributed by atoms with E-state index in [-0.39, 0.29) is 5.78 Å². The highest BCUT2D eigenvalue weighted by Gasteiger charge is 2.23. The molecule has 0 heterocycles. The molecular weight excluding hydrogens is 436 g/mol. The maximum Gasteiger partial charge on any atom is 0.308 e. The third-order valence-electron chi connectivity index (χ3n) is 4.97. The summed E-state index contributed by atoms with van der Waals surface area (Å²) >= 11 is 0. The van der Waals surface area contributed by atoms with Gasteiger partial charge in [0.15, 0.2) is 28.8 Å². The molecule has 0 aromatic heterocycles. The van der Waals surface area contributed by atoms with Gasteiger partial charge in [-0.2, -0.15) is 0 Å². The fourth-order valence-electron chi connectivity index (χ4n) is 3.62. The molecule has 2 aromatic carbocycles. The van der Waals surface area contributed by atoms with Gasteiger partial charge in [0.05, 0.1) is 13.2 Å². The van der Waals surface area contributed by atoms with Crippen LogP contribution in [0.5, 0.6) is 23.0 Å². The van der Waals surface area contributed by atoms with Gasteiger partial charge in [0, 0.05) is 25.0 Å². The molecule has 0 saturated heterocycles. The van der Waals surface area contributed by atoms with Crippen molar-refractivity contribution in [2.24, 2.45) is 0 Å². The van der Waals surface area contributed by atoms with Crippen molar-refractivity contribution in [1.29, 1.82) is 0 Å². The number of ether oxygens (including phenoxy) is 4. The van der Waals surface area contributed by atoms with Gasteiger partial charge in [-0.15, -0.1) is 0 Å². The van der Waals surface area contributed by atoms with E-state index in [0.29, 0.717) is 60.2 Å². The van der Waals surface area contributed by atoms with E-state index in [1.54, 1.807) is 36.4 Å². The van der Waals surface area contributed by atoms with Crippen LogP contribution in [0.25, 0.3) is 12.2 Å². The third kappa shape index (κ3) is 6.34. The second-order valence-corrected chi connectivity index (χ2v) is 7.63. The van der Waals surface area contributed by atoms with Crippen LogP contribution in [0.15, 0.2) is 47.5 Å². The van der Waals surface area contributed by atoms with Gasteiger partial charge in [-0.1, -0.05) is 12.1 Å². The molecule has 1 saturated carbocycles.